The molecule has 0 aliphatic heterocycles. The first-order valence-corrected chi connectivity index (χ1v) is 11.4. The van der Waals surface area contributed by atoms with Crippen molar-refractivity contribution in [3.05, 3.63) is 70.3 Å². The Labute approximate surface area is 181 Å². The minimum absolute atomic E-state index is 0.135. The van der Waals surface area contributed by atoms with Gasteiger partial charge in [-0.15, -0.1) is 0 Å². The normalized spacial score (nSPS) is 12.7. The molecule has 0 aliphatic carbocycles. The molecule has 0 fully saturated rings. The van der Waals surface area contributed by atoms with Gasteiger partial charge in [-0.2, -0.15) is 4.37 Å². The van der Waals surface area contributed by atoms with Crippen LogP contribution in [-0.2, 0) is 14.6 Å². The van der Waals surface area contributed by atoms with Crippen molar-refractivity contribution in [2.45, 2.75) is 4.90 Å². The van der Waals surface area contributed by atoms with Crippen molar-refractivity contribution < 1.29 is 18.3 Å². The Hall–Kier alpha value is -3.08. The number of nitrogens with zero attached hydrogens (tertiary/aromatic N) is 3. The van der Waals surface area contributed by atoms with E-state index in [0.29, 0.717) is 21.3 Å². The van der Waals surface area contributed by atoms with Gasteiger partial charge in [0, 0.05) is 11.8 Å². The van der Waals surface area contributed by atoms with Crippen molar-refractivity contribution in [3.8, 4) is 11.4 Å². The lowest BCUT2D eigenvalue weighted by molar-refractivity contribution is -0.132. The van der Waals surface area contributed by atoms with Crippen LogP contribution in [0.2, 0.25) is 5.02 Å². The fourth-order valence-corrected chi connectivity index (χ4v) is 3.82. The monoisotopic (exact) mass is 462 g/mol. The first kappa shape index (κ1) is 21.6. The third-order valence-electron chi connectivity index (χ3n) is 3.80. The van der Waals surface area contributed by atoms with Crippen LogP contribution in [0, 0.1) is 0 Å². The number of sulfone groups is 1. The smallest absolute Gasteiger partial charge is 0.351 e. The molecule has 0 aliphatic rings. The Kier molecular flexibility index (Phi) is 6.30. The molecule has 3 rings (SSSR count). The average Bonchev–Trinajstić information content (AvgIpc) is 3.18. The fraction of sp³-hybridized carbons (Fsp3) is 0.0526. The van der Waals surface area contributed by atoms with Gasteiger partial charge in [0.25, 0.3) is 0 Å². The van der Waals surface area contributed by atoms with E-state index >= 15 is 0 Å². The van der Waals surface area contributed by atoms with Gasteiger partial charge in [-0.05, 0) is 41.9 Å². The number of para-hydroxylation sites is 1. The van der Waals surface area contributed by atoms with Crippen molar-refractivity contribution in [1.82, 2.24) is 9.36 Å². The summed E-state index contributed by atoms with van der Waals surface area (Å²) in [5, 5.41) is 9.78. The number of allylic oxidation sites excluding steroid dienone is 1. The van der Waals surface area contributed by atoms with Gasteiger partial charge in [0.1, 0.15) is 11.4 Å². The standard InChI is InChI=1S/C19H15ClN4O4S2/c1-30(27,28)12-6-4-5-11(9-12)17-23-18(29-24-17)16(10-14(21)19(25)26)22-15-8-3-2-7-13(15)20/h2-10H,21H2,1H3,(H,25,26)/b14-10-,22-16?. The maximum Gasteiger partial charge on any atom is 0.351 e. The summed E-state index contributed by atoms with van der Waals surface area (Å²) in [7, 11) is -3.40. The number of hydrogen-bond donors (Lipinski definition) is 2. The maximum atomic E-state index is 11.8. The van der Waals surface area contributed by atoms with Gasteiger partial charge < -0.3 is 10.8 Å². The Morgan fingerprint density at radius 3 is 2.63 bits per heavy atom. The molecule has 0 radical (unpaired) electrons. The summed E-state index contributed by atoms with van der Waals surface area (Å²) in [5.41, 5.74) is 6.19. The number of nitrogens with two attached hydrogens (primary N) is 1. The molecule has 0 atom stereocenters. The number of carbonyl (C=O) groups is 1. The molecule has 0 amide bonds. The van der Waals surface area contributed by atoms with Crippen LogP contribution in [0.15, 0.2) is 70.2 Å². The minimum atomic E-state index is -3.40. The molecule has 0 saturated heterocycles. The molecule has 0 saturated carbocycles. The van der Waals surface area contributed by atoms with Crippen LogP contribution in [0.1, 0.15) is 5.01 Å². The zero-order chi connectivity index (χ0) is 21.9. The Morgan fingerprint density at radius 2 is 1.97 bits per heavy atom. The summed E-state index contributed by atoms with van der Waals surface area (Å²) >= 11 is 7.12. The number of halogens is 1. The van der Waals surface area contributed by atoms with E-state index in [9.17, 15) is 13.2 Å². The van der Waals surface area contributed by atoms with Crippen LogP contribution in [-0.4, -0.2) is 40.8 Å². The highest BCUT2D eigenvalue weighted by atomic mass is 35.5. The molecule has 3 N–H and O–H groups in total. The van der Waals surface area contributed by atoms with E-state index in [4.69, 9.17) is 22.4 Å². The van der Waals surface area contributed by atoms with Crippen molar-refractivity contribution in [3.63, 3.8) is 0 Å². The number of aliphatic carboxylic acids is 1. The molecule has 1 heterocycles. The average molecular weight is 463 g/mol. The predicted molar refractivity (Wildman–Crippen MR) is 116 cm³/mol. The van der Waals surface area contributed by atoms with Crippen LogP contribution in [0.3, 0.4) is 0 Å². The molecule has 3 aromatic rings. The van der Waals surface area contributed by atoms with Crippen LogP contribution >= 0.6 is 23.1 Å². The van der Waals surface area contributed by atoms with Crippen molar-refractivity contribution >= 4 is 50.3 Å². The maximum absolute atomic E-state index is 11.8. The van der Waals surface area contributed by atoms with Gasteiger partial charge in [0.2, 0.25) is 0 Å². The number of carboxylic acids is 1. The van der Waals surface area contributed by atoms with E-state index in [2.05, 4.69) is 14.3 Å². The fourth-order valence-electron chi connectivity index (χ4n) is 2.33. The zero-order valence-corrected chi connectivity index (χ0v) is 17.9. The van der Waals surface area contributed by atoms with E-state index < -0.39 is 21.5 Å². The van der Waals surface area contributed by atoms with Crippen molar-refractivity contribution in [1.29, 1.82) is 0 Å². The number of carboxylic acid groups (broad SMARTS) is 1. The lowest BCUT2D eigenvalue weighted by atomic mass is 10.2. The van der Waals surface area contributed by atoms with Gasteiger partial charge in [-0.3, -0.25) is 0 Å². The van der Waals surface area contributed by atoms with E-state index in [1.165, 1.54) is 18.2 Å². The van der Waals surface area contributed by atoms with E-state index in [1.807, 2.05) is 0 Å². The molecular formula is C19H15ClN4O4S2. The summed E-state index contributed by atoms with van der Waals surface area (Å²) < 4.78 is 27.9. The Balaban J connectivity index is 2.09. The van der Waals surface area contributed by atoms with Crippen LogP contribution < -0.4 is 5.73 Å². The molecule has 0 bridgehead atoms. The summed E-state index contributed by atoms with van der Waals surface area (Å²) in [4.78, 5) is 20.1. The molecule has 0 spiro atoms. The molecule has 8 nitrogen and oxygen atoms in total. The summed E-state index contributed by atoms with van der Waals surface area (Å²) in [5.74, 6) is -1.04. The van der Waals surface area contributed by atoms with Crippen molar-refractivity contribution in [2.24, 2.45) is 10.7 Å². The number of benzene rings is 2. The first-order chi connectivity index (χ1) is 14.1. The van der Waals surface area contributed by atoms with Crippen LogP contribution in [0.5, 0.6) is 0 Å². The zero-order valence-electron chi connectivity index (χ0n) is 15.5. The largest absolute Gasteiger partial charge is 0.477 e. The number of aliphatic imine (C=N–C) groups is 1. The minimum Gasteiger partial charge on any atom is -0.477 e. The molecule has 11 heteroatoms. The van der Waals surface area contributed by atoms with Crippen LogP contribution in [0.25, 0.3) is 11.4 Å². The third kappa shape index (κ3) is 5.09. The van der Waals surface area contributed by atoms with Gasteiger partial charge in [0.05, 0.1) is 15.6 Å². The number of hydrogen-bond acceptors (Lipinski definition) is 8. The number of rotatable bonds is 6. The topological polar surface area (TPSA) is 136 Å². The molecule has 30 heavy (non-hydrogen) atoms. The second-order valence-corrected chi connectivity index (χ2v) is 9.25. The molecule has 0 unspecified atom stereocenters. The quantitative estimate of drug-likeness (QED) is 0.423. The predicted octanol–water partition coefficient (Wildman–Crippen LogP) is 3.31. The SMILES string of the molecule is CS(=O)(=O)c1cccc(-c2nsc(C(/C=C(\N)C(=O)O)=Nc3ccccc3Cl)n2)c1. The van der Waals surface area contributed by atoms with Gasteiger partial charge in [-0.25, -0.2) is 23.2 Å². The Bertz CT molecular complexity index is 1280. The number of aromatic nitrogens is 2. The first-order valence-electron chi connectivity index (χ1n) is 8.33. The second kappa shape index (κ2) is 8.74. The molecule has 2 aromatic carbocycles. The van der Waals surface area contributed by atoms with Gasteiger partial charge >= 0.3 is 5.97 Å². The lowest BCUT2D eigenvalue weighted by Crippen LogP contribution is -2.12. The summed E-state index contributed by atoms with van der Waals surface area (Å²) in [6.45, 7) is 0. The highest BCUT2D eigenvalue weighted by Crippen LogP contribution is 2.27. The molecule has 1 aromatic heterocycles. The highest BCUT2D eigenvalue weighted by molar-refractivity contribution is 7.90. The van der Waals surface area contributed by atoms with E-state index in [-0.39, 0.29) is 16.4 Å². The van der Waals surface area contributed by atoms with E-state index in [1.54, 1.807) is 36.4 Å². The second-order valence-electron chi connectivity index (χ2n) is 6.08. The summed E-state index contributed by atoms with van der Waals surface area (Å²) in [6.07, 6.45) is 2.28. The van der Waals surface area contributed by atoms with Crippen molar-refractivity contribution in [2.75, 3.05) is 6.26 Å². The van der Waals surface area contributed by atoms with Crippen LogP contribution in [0.4, 0.5) is 5.69 Å². The van der Waals surface area contributed by atoms with Gasteiger partial charge in [-0.1, -0.05) is 35.9 Å². The molecular weight excluding hydrogens is 448 g/mol. The Morgan fingerprint density at radius 1 is 1.23 bits per heavy atom. The summed E-state index contributed by atoms with van der Waals surface area (Å²) in [6, 6.07) is 13.0. The third-order valence-corrected chi connectivity index (χ3v) is 5.97. The van der Waals surface area contributed by atoms with Gasteiger partial charge in [0.15, 0.2) is 20.7 Å². The highest BCUT2D eigenvalue weighted by Gasteiger charge is 2.15. The van der Waals surface area contributed by atoms with E-state index in [0.717, 1.165) is 17.8 Å². The molecule has 154 valence electrons. The lowest BCUT2D eigenvalue weighted by Gasteiger charge is -2.02.